The zero-order valence-corrected chi connectivity index (χ0v) is 20.6. The van der Waals surface area contributed by atoms with Crippen LogP contribution in [0.3, 0.4) is 0 Å². The summed E-state index contributed by atoms with van der Waals surface area (Å²) in [5, 5.41) is 21.3. The van der Waals surface area contributed by atoms with Crippen LogP contribution in [0.25, 0.3) is 10.9 Å². The van der Waals surface area contributed by atoms with Crippen molar-refractivity contribution in [2.24, 2.45) is 7.05 Å². The lowest BCUT2D eigenvalue weighted by molar-refractivity contribution is 0.0642. The fraction of sp³-hybridized carbons (Fsp3) is 0.480. The van der Waals surface area contributed by atoms with Gasteiger partial charge in [0.15, 0.2) is 0 Å². The molecule has 2 N–H and O–H groups in total. The van der Waals surface area contributed by atoms with Crippen LogP contribution in [-0.4, -0.2) is 81.0 Å². The van der Waals surface area contributed by atoms with Gasteiger partial charge in [-0.15, -0.1) is 0 Å². The molecule has 1 saturated heterocycles. The lowest BCUT2D eigenvalue weighted by Crippen LogP contribution is -2.53. The van der Waals surface area contributed by atoms with E-state index >= 15 is 0 Å². The molecule has 2 fully saturated rings. The van der Waals surface area contributed by atoms with Gasteiger partial charge in [-0.05, 0) is 43.9 Å². The lowest BCUT2D eigenvalue weighted by Gasteiger charge is -2.41. The number of hydrogen-bond donors (Lipinski definition) is 2. The largest absolute Gasteiger partial charge is 0.453 e. The van der Waals surface area contributed by atoms with Crippen molar-refractivity contribution in [1.29, 1.82) is 5.26 Å². The second kappa shape index (κ2) is 10.4. The number of benzene rings is 1. The van der Waals surface area contributed by atoms with Crippen LogP contribution in [0.15, 0.2) is 30.6 Å². The molecule has 0 unspecified atom stereocenters. The van der Waals surface area contributed by atoms with E-state index in [-0.39, 0.29) is 12.1 Å². The molecule has 3 aromatic rings. The third-order valence-electron chi connectivity index (χ3n) is 7.09. The summed E-state index contributed by atoms with van der Waals surface area (Å²) in [5.74, 6) is 1.22. The third kappa shape index (κ3) is 5.18. The second-order valence-corrected chi connectivity index (χ2v) is 9.41. The summed E-state index contributed by atoms with van der Waals surface area (Å²) in [4.78, 5) is 25.5. The van der Waals surface area contributed by atoms with Crippen LogP contribution < -0.4 is 10.6 Å². The first-order chi connectivity index (χ1) is 17.5. The van der Waals surface area contributed by atoms with Crippen molar-refractivity contribution < 1.29 is 9.53 Å². The molecule has 0 bridgehead atoms. The van der Waals surface area contributed by atoms with E-state index in [2.05, 4.69) is 31.7 Å². The van der Waals surface area contributed by atoms with Crippen molar-refractivity contribution >= 4 is 34.4 Å². The highest BCUT2D eigenvalue weighted by molar-refractivity contribution is 5.91. The van der Waals surface area contributed by atoms with E-state index in [0.717, 1.165) is 61.2 Å². The van der Waals surface area contributed by atoms with Crippen LogP contribution in [0.1, 0.15) is 31.2 Å². The predicted molar refractivity (Wildman–Crippen MR) is 136 cm³/mol. The Balaban J connectivity index is 1.27. The van der Waals surface area contributed by atoms with Gasteiger partial charge in [0, 0.05) is 56.9 Å². The minimum atomic E-state index is -0.239. The maximum Gasteiger partial charge on any atom is 0.409 e. The number of nitriles is 1. The molecule has 11 nitrogen and oxygen atoms in total. The van der Waals surface area contributed by atoms with Gasteiger partial charge in [-0.1, -0.05) is 0 Å². The summed E-state index contributed by atoms with van der Waals surface area (Å²) in [6.07, 6.45) is 7.58. The van der Waals surface area contributed by atoms with Gasteiger partial charge in [0.2, 0.25) is 5.95 Å². The molecule has 1 aliphatic carbocycles. The zero-order valence-electron chi connectivity index (χ0n) is 20.6. The molecule has 1 amide bonds. The molecule has 11 heteroatoms. The average Bonchev–Trinajstić information content (AvgIpc) is 3.32. The molecule has 188 valence electrons. The molecule has 36 heavy (non-hydrogen) atoms. The maximum absolute atomic E-state index is 11.8. The zero-order chi connectivity index (χ0) is 25.1. The number of carbonyl (C=O) groups excluding carboxylic acids is 1. The monoisotopic (exact) mass is 489 g/mol. The maximum atomic E-state index is 11.8. The van der Waals surface area contributed by atoms with Crippen LogP contribution in [0, 0.1) is 11.3 Å². The number of nitrogens with one attached hydrogen (secondary N) is 2. The number of rotatable bonds is 5. The Hall–Kier alpha value is -3.91. The van der Waals surface area contributed by atoms with E-state index in [1.807, 2.05) is 25.4 Å². The van der Waals surface area contributed by atoms with Gasteiger partial charge in [-0.25, -0.2) is 9.78 Å². The number of piperazine rings is 1. The number of hydrogen-bond acceptors (Lipinski definition) is 9. The SMILES string of the molecule is COC(=O)N1CCN(C2CCC(Nc3nc(Nc4cnn(C)c4)nc4ccc(C#N)cc34)CC2)CC1. The summed E-state index contributed by atoms with van der Waals surface area (Å²) >= 11 is 0. The van der Waals surface area contributed by atoms with E-state index in [4.69, 9.17) is 9.72 Å². The predicted octanol–water partition coefficient (Wildman–Crippen LogP) is 3.09. The molecule has 3 heterocycles. The van der Waals surface area contributed by atoms with Gasteiger partial charge in [0.1, 0.15) is 5.82 Å². The molecular weight excluding hydrogens is 458 g/mol. The molecule has 2 aromatic heterocycles. The number of anilines is 3. The quantitative estimate of drug-likeness (QED) is 0.556. The summed E-state index contributed by atoms with van der Waals surface area (Å²) in [6.45, 7) is 3.20. The van der Waals surface area contributed by atoms with Crippen LogP contribution in [0.5, 0.6) is 0 Å². The number of fused-ring (bicyclic) bond motifs is 1. The first kappa shape index (κ1) is 23.8. The summed E-state index contributed by atoms with van der Waals surface area (Å²) in [7, 11) is 3.29. The Morgan fingerprint density at radius 2 is 1.92 bits per heavy atom. The molecule has 0 spiro atoms. The van der Waals surface area contributed by atoms with Crippen molar-refractivity contribution in [2.45, 2.75) is 37.8 Å². The van der Waals surface area contributed by atoms with E-state index in [9.17, 15) is 10.1 Å². The van der Waals surface area contributed by atoms with Gasteiger partial charge in [0.25, 0.3) is 0 Å². The van der Waals surface area contributed by atoms with E-state index < -0.39 is 0 Å². The number of ether oxygens (including phenoxy) is 1. The summed E-state index contributed by atoms with van der Waals surface area (Å²) in [6, 6.07) is 8.51. The second-order valence-electron chi connectivity index (χ2n) is 9.41. The van der Waals surface area contributed by atoms with E-state index in [1.165, 1.54) is 7.11 Å². The Morgan fingerprint density at radius 3 is 2.58 bits per heavy atom. The standard InChI is InChI=1S/C25H31N9O2/c1-32-16-19(15-27-32)29-24-30-22-8-3-17(14-26)13-21(22)23(31-24)28-18-4-6-20(7-5-18)33-9-11-34(12-10-33)25(35)36-2/h3,8,13,15-16,18,20H,4-7,9-12H2,1-2H3,(H2,28,29,30,31). The van der Waals surface area contributed by atoms with Crippen molar-refractivity contribution in [1.82, 2.24) is 29.5 Å². The number of amides is 1. The molecule has 1 aliphatic heterocycles. The normalized spacial score (nSPS) is 20.6. The topological polar surface area (TPSA) is 124 Å². The van der Waals surface area contributed by atoms with Crippen LogP contribution >= 0.6 is 0 Å². The van der Waals surface area contributed by atoms with Gasteiger partial charge in [0.05, 0.1) is 36.1 Å². The fourth-order valence-corrected chi connectivity index (χ4v) is 5.16. The third-order valence-corrected chi connectivity index (χ3v) is 7.09. The number of methoxy groups -OCH3 is 1. The van der Waals surface area contributed by atoms with Crippen molar-refractivity contribution in [3.05, 3.63) is 36.2 Å². The van der Waals surface area contributed by atoms with Gasteiger partial charge < -0.3 is 20.3 Å². The first-order valence-corrected chi connectivity index (χ1v) is 12.3. The lowest BCUT2D eigenvalue weighted by atomic mass is 9.89. The van der Waals surface area contributed by atoms with Crippen molar-refractivity contribution in [2.75, 3.05) is 43.9 Å². The van der Waals surface area contributed by atoms with Gasteiger partial charge >= 0.3 is 6.09 Å². The first-order valence-electron chi connectivity index (χ1n) is 12.3. The Kier molecular flexibility index (Phi) is 6.86. The molecule has 0 radical (unpaired) electrons. The highest BCUT2D eigenvalue weighted by Gasteiger charge is 2.30. The fourth-order valence-electron chi connectivity index (χ4n) is 5.16. The molecule has 5 rings (SSSR count). The van der Waals surface area contributed by atoms with Gasteiger partial charge in [-0.3, -0.25) is 9.58 Å². The smallest absolute Gasteiger partial charge is 0.409 e. The van der Waals surface area contributed by atoms with Crippen LogP contribution in [0.4, 0.5) is 22.2 Å². The Morgan fingerprint density at radius 1 is 1.14 bits per heavy atom. The van der Waals surface area contributed by atoms with Crippen LogP contribution in [-0.2, 0) is 11.8 Å². The summed E-state index contributed by atoms with van der Waals surface area (Å²) in [5.41, 5.74) is 2.16. The highest BCUT2D eigenvalue weighted by Crippen LogP contribution is 2.30. The minimum absolute atomic E-state index is 0.239. The molecule has 1 saturated carbocycles. The molecule has 2 aliphatic rings. The number of nitrogens with zero attached hydrogens (tertiary/aromatic N) is 7. The van der Waals surface area contributed by atoms with E-state index in [0.29, 0.717) is 30.6 Å². The number of aromatic nitrogens is 4. The Labute approximate surface area is 210 Å². The average molecular weight is 490 g/mol. The van der Waals surface area contributed by atoms with E-state index in [1.54, 1.807) is 21.8 Å². The summed E-state index contributed by atoms with van der Waals surface area (Å²) < 4.78 is 6.57. The molecule has 1 aromatic carbocycles. The van der Waals surface area contributed by atoms with Crippen LogP contribution in [0.2, 0.25) is 0 Å². The Bertz CT molecular complexity index is 1270. The molecule has 0 atom stereocenters. The van der Waals surface area contributed by atoms with Gasteiger partial charge in [-0.2, -0.15) is 15.3 Å². The van der Waals surface area contributed by atoms with Crippen molar-refractivity contribution in [3.8, 4) is 6.07 Å². The highest BCUT2D eigenvalue weighted by atomic mass is 16.5. The minimum Gasteiger partial charge on any atom is -0.453 e. The number of aryl methyl sites for hydroxylation is 1. The number of carbonyl (C=O) groups is 1. The molecular formula is C25H31N9O2. The van der Waals surface area contributed by atoms with Crippen molar-refractivity contribution in [3.63, 3.8) is 0 Å².